The molecular formula is C30H34F3N5O4. The van der Waals surface area contributed by atoms with Crippen LogP contribution >= 0.6 is 0 Å². The molecule has 0 radical (unpaired) electrons. The summed E-state index contributed by atoms with van der Waals surface area (Å²) in [5.74, 6) is -0.205. The Kier molecular flexibility index (Phi) is 10.5. The van der Waals surface area contributed by atoms with E-state index in [2.05, 4.69) is 30.9 Å². The first kappa shape index (κ1) is 30.5. The lowest BCUT2D eigenvalue weighted by molar-refractivity contribution is -0.274. The highest BCUT2D eigenvalue weighted by molar-refractivity contribution is 6.01. The van der Waals surface area contributed by atoms with Gasteiger partial charge in [0.25, 0.3) is 5.91 Å². The van der Waals surface area contributed by atoms with Crippen molar-refractivity contribution in [3.63, 3.8) is 0 Å². The molecule has 0 bridgehead atoms. The van der Waals surface area contributed by atoms with Crippen molar-refractivity contribution in [1.82, 2.24) is 10.2 Å². The van der Waals surface area contributed by atoms with Crippen molar-refractivity contribution in [3.8, 4) is 11.5 Å². The molecule has 4 N–H and O–H groups in total. The van der Waals surface area contributed by atoms with Gasteiger partial charge in [0.15, 0.2) is 0 Å². The van der Waals surface area contributed by atoms with Crippen LogP contribution in [0.4, 0.5) is 40.7 Å². The minimum atomic E-state index is -4.75. The van der Waals surface area contributed by atoms with E-state index in [1.165, 1.54) is 50.6 Å². The maximum absolute atomic E-state index is 12.7. The standard InChI is InChI=1S/C30H34F3N5O4/c1-41-27-20-24(12-15-26(27)28(39)34-16-5-19-38-17-3-2-4-18-38)37-29(40)36-23-8-6-21(7-9-23)35-22-10-13-25(14-11-22)42-30(31,32)33/h6-15,20,35H,2-5,16-19H2,1H3,(H,34,39)(H2,36,37,40). The van der Waals surface area contributed by atoms with Gasteiger partial charge in [0.05, 0.1) is 12.7 Å². The Morgan fingerprint density at radius 2 is 1.43 bits per heavy atom. The van der Waals surface area contributed by atoms with Crippen molar-refractivity contribution in [1.29, 1.82) is 0 Å². The van der Waals surface area contributed by atoms with E-state index in [-0.39, 0.29) is 11.7 Å². The average molecular weight is 586 g/mol. The summed E-state index contributed by atoms with van der Waals surface area (Å²) in [7, 11) is 1.46. The van der Waals surface area contributed by atoms with Gasteiger partial charge in [0, 0.05) is 35.4 Å². The molecule has 0 saturated carbocycles. The van der Waals surface area contributed by atoms with E-state index in [4.69, 9.17) is 4.74 Å². The molecule has 224 valence electrons. The SMILES string of the molecule is COc1cc(NC(=O)Nc2ccc(Nc3ccc(OC(F)(F)F)cc3)cc2)ccc1C(=O)NCCCN1CCCCC1. The zero-order valence-corrected chi connectivity index (χ0v) is 23.2. The third-order valence-electron chi connectivity index (χ3n) is 6.61. The lowest BCUT2D eigenvalue weighted by Gasteiger charge is -2.26. The molecule has 1 fully saturated rings. The molecule has 1 aliphatic rings. The summed E-state index contributed by atoms with van der Waals surface area (Å²) >= 11 is 0. The summed E-state index contributed by atoms with van der Waals surface area (Å²) in [6.45, 7) is 3.78. The Morgan fingerprint density at radius 3 is 2.07 bits per heavy atom. The van der Waals surface area contributed by atoms with Gasteiger partial charge in [0.1, 0.15) is 11.5 Å². The molecule has 0 aliphatic carbocycles. The molecule has 3 amide bonds. The largest absolute Gasteiger partial charge is 0.573 e. The summed E-state index contributed by atoms with van der Waals surface area (Å²) < 4.78 is 46.2. The monoisotopic (exact) mass is 585 g/mol. The van der Waals surface area contributed by atoms with Crippen LogP contribution in [-0.2, 0) is 0 Å². The summed E-state index contributed by atoms with van der Waals surface area (Å²) in [6, 6.07) is 16.4. The van der Waals surface area contributed by atoms with Crippen molar-refractivity contribution in [2.75, 3.05) is 49.2 Å². The summed E-state index contributed by atoms with van der Waals surface area (Å²) in [5, 5.41) is 11.4. The number of hydrogen-bond acceptors (Lipinski definition) is 6. The maximum atomic E-state index is 12.7. The molecule has 0 atom stereocenters. The van der Waals surface area contributed by atoms with Gasteiger partial charge >= 0.3 is 12.4 Å². The van der Waals surface area contributed by atoms with Gasteiger partial charge in [0.2, 0.25) is 0 Å². The Hall–Kier alpha value is -4.45. The van der Waals surface area contributed by atoms with Crippen LogP contribution in [0.3, 0.4) is 0 Å². The van der Waals surface area contributed by atoms with E-state index in [0.29, 0.717) is 40.6 Å². The predicted molar refractivity (Wildman–Crippen MR) is 156 cm³/mol. The fourth-order valence-electron chi connectivity index (χ4n) is 4.58. The van der Waals surface area contributed by atoms with Crippen LogP contribution in [-0.4, -0.2) is 56.5 Å². The summed E-state index contributed by atoms with van der Waals surface area (Å²) in [6.07, 6.45) is -0.111. The highest BCUT2D eigenvalue weighted by Gasteiger charge is 2.31. The molecule has 9 nitrogen and oxygen atoms in total. The number of ether oxygens (including phenoxy) is 2. The van der Waals surface area contributed by atoms with Gasteiger partial charge in [-0.15, -0.1) is 13.2 Å². The lowest BCUT2D eigenvalue weighted by Crippen LogP contribution is -2.33. The number of likely N-dealkylation sites (tertiary alicyclic amines) is 1. The number of carbonyl (C=O) groups excluding carboxylic acids is 2. The molecule has 1 aliphatic heterocycles. The smallest absolute Gasteiger partial charge is 0.496 e. The van der Waals surface area contributed by atoms with Gasteiger partial charge in [-0.2, -0.15) is 0 Å². The number of nitrogens with one attached hydrogen (secondary N) is 4. The first-order chi connectivity index (χ1) is 20.2. The second-order valence-electron chi connectivity index (χ2n) is 9.78. The zero-order valence-electron chi connectivity index (χ0n) is 23.2. The van der Waals surface area contributed by atoms with Gasteiger partial charge in [-0.05, 0) is 99.6 Å². The number of nitrogens with zero attached hydrogens (tertiary/aromatic N) is 1. The number of halogens is 3. The van der Waals surface area contributed by atoms with E-state index in [0.717, 1.165) is 26.1 Å². The molecule has 0 aromatic heterocycles. The predicted octanol–water partition coefficient (Wildman–Crippen LogP) is 6.59. The van der Waals surface area contributed by atoms with E-state index < -0.39 is 12.4 Å². The number of anilines is 4. The Balaban J connectivity index is 1.24. The highest BCUT2D eigenvalue weighted by atomic mass is 19.4. The number of rotatable bonds is 11. The van der Waals surface area contributed by atoms with Crippen LogP contribution in [0.1, 0.15) is 36.0 Å². The molecule has 1 heterocycles. The first-order valence-electron chi connectivity index (χ1n) is 13.7. The molecule has 3 aromatic rings. The molecular weight excluding hydrogens is 551 g/mol. The van der Waals surface area contributed by atoms with Crippen molar-refractivity contribution in [2.24, 2.45) is 0 Å². The molecule has 0 spiro atoms. The van der Waals surface area contributed by atoms with Gasteiger partial charge in [-0.3, -0.25) is 4.79 Å². The van der Waals surface area contributed by atoms with E-state index in [1.54, 1.807) is 42.5 Å². The minimum Gasteiger partial charge on any atom is -0.496 e. The minimum absolute atomic E-state index is 0.235. The number of amides is 3. The van der Waals surface area contributed by atoms with E-state index in [1.807, 2.05) is 0 Å². The van der Waals surface area contributed by atoms with Gasteiger partial charge in [-0.1, -0.05) is 6.42 Å². The van der Waals surface area contributed by atoms with Crippen molar-refractivity contribution < 1.29 is 32.2 Å². The fourth-order valence-corrected chi connectivity index (χ4v) is 4.58. The number of piperidine rings is 1. The second kappa shape index (κ2) is 14.4. The zero-order chi connectivity index (χ0) is 30.0. The fraction of sp³-hybridized carbons (Fsp3) is 0.333. The molecule has 12 heteroatoms. The van der Waals surface area contributed by atoms with E-state index >= 15 is 0 Å². The maximum Gasteiger partial charge on any atom is 0.573 e. The van der Waals surface area contributed by atoms with Crippen LogP contribution in [0.2, 0.25) is 0 Å². The second-order valence-corrected chi connectivity index (χ2v) is 9.78. The van der Waals surface area contributed by atoms with Crippen LogP contribution in [0.15, 0.2) is 66.7 Å². The van der Waals surface area contributed by atoms with Crippen molar-refractivity contribution in [2.45, 2.75) is 32.0 Å². The van der Waals surface area contributed by atoms with Crippen LogP contribution in [0.25, 0.3) is 0 Å². The van der Waals surface area contributed by atoms with Crippen molar-refractivity contribution in [3.05, 3.63) is 72.3 Å². The normalized spacial score (nSPS) is 13.6. The third-order valence-corrected chi connectivity index (χ3v) is 6.61. The molecule has 1 saturated heterocycles. The molecule has 3 aromatic carbocycles. The van der Waals surface area contributed by atoms with Crippen LogP contribution in [0.5, 0.6) is 11.5 Å². The number of carbonyl (C=O) groups is 2. The van der Waals surface area contributed by atoms with Crippen LogP contribution < -0.4 is 30.7 Å². The molecule has 4 rings (SSSR count). The Morgan fingerprint density at radius 1 is 0.833 bits per heavy atom. The number of methoxy groups -OCH3 is 1. The van der Waals surface area contributed by atoms with Crippen LogP contribution in [0, 0.1) is 0 Å². The topological polar surface area (TPSA) is 104 Å². The van der Waals surface area contributed by atoms with Gasteiger partial charge in [-0.25, -0.2) is 4.79 Å². The van der Waals surface area contributed by atoms with E-state index in [9.17, 15) is 22.8 Å². The number of benzene rings is 3. The number of alkyl halides is 3. The van der Waals surface area contributed by atoms with Gasteiger partial charge < -0.3 is 35.6 Å². The Bertz CT molecular complexity index is 1330. The highest BCUT2D eigenvalue weighted by Crippen LogP contribution is 2.26. The Labute approximate surface area is 242 Å². The summed E-state index contributed by atoms with van der Waals surface area (Å²) in [4.78, 5) is 27.7. The molecule has 42 heavy (non-hydrogen) atoms. The average Bonchev–Trinajstić information content (AvgIpc) is 2.97. The third kappa shape index (κ3) is 9.58. The number of hydrogen-bond donors (Lipinski definition) is 4. The van der Waals surface area contributed by atoms with Crippen molar-refractivity contribution >= 4 is 34.7 Å². The quantitative estimate of drug-likeness (QED) is 0.190. The molecule has 0 unspecified atom stereocenters. The summed E-state index contributed by atoms with van der Waals surface area (Å²) in [5.41, 5.74) is 2.57. The lowest BCUT2D eigenvalue weighted by atomic mass is 10.1. The number of urea groups is 1. The first-order valence-corrected chi connectivity index (χ1v) is 13.7.